The maximum atomic E-state index is 13.9. The lowest BCUT2D eigenvalue weighted by atomic mass is 9.83. The topological polar surface area (TPSA) is 89.0 Å². The summed E-state index contributed by atoms with van der Waals surface area (Å²) in [5.41, 5.74) is 3.64. The molecule has 2 fully saturated rings. The predicted molar refractivity (Wildman–Crippen MR) is 147 cm³/mol. The van der Waals surface area contributed by atoms with Crippen molar-refractivity contribution in [1.29, 1.82) is 10.5 Å². The highest BCUT2D eigenvalue weighted by molar-refractivity contribution is 5.92. The Hall–Kier alpha value is -3.91. The van der Waals surface area contributed by atoms with Crippen LogP contribution < -0.4 is 15.4 Å². The van der Waals surface area contributed by atoms with Crippen LogP contribution in [0.4, 0.5) is 15.8 Å². The van der Waals surface area contributed by atoms with E-state index in [1.54, 1.807) is 31.3 Å². The normalized spacial score (nSPS) is 19.4. The molecule has 2 aliphatic carbocycles. The van der Waals surface area contributed by atoms with Gasteiger partial charge in [0.1, 0.15) is 34.7 Å². The standard InChI is InChI=1S/C30H33FN6O/c1-19-15-21(31)7-13-26(19)37(18-20-5-4-6-20)24-11-9-23(10-12-24)35(2)29-25(17-33)30(38)36(3)27-14-8-22(16-32)34-28(27)29/h7-8,13-15,20,23-24H,4-6,9-12,18H2,1-3H3. The van der Waals surface area contributed by atoms with Gasteiger partial charge in [0.2, 0.25) is 0 Å². The molecule has 2 heterocycles. The number of hydrogen-bond donors (Lipinski definition) is 0. The minimum Gasteiger partial charge on any atom is -0.369 e. The van der Waals surface area contributed by atoms with Crippen molar-refractivity contribution in [3.63, 3.8) is 0 Å². The third-order valence-corrected chi connectivity index (χ3v) is 8.60. The number of fused-ring (bicyclic) bond motifs is 1. The Balaban J connectivity index is 1.43. The summed E-state index contributed by atoms with van der Waals surface area (Å²) in [6.45, 7) is 2.98. The largest absolute Gasteiger partial charge is 0.369 e. The Kier molecular flexibility index (Phi) is 7.08. The first-order valence-corrected chi connectivity index (χ1v) is 13.4. The van der Waals surface area contributed by atoms with Crippen molar-refractivity contribution in [1.82, 2.24) is 9.55 Å². The molecule has 196 valence electrons. The number of aryl methyl sites for hydroxylation is 2. The summed E-state index contributed by atoms with van der Waals surface area (Å²) in [5.74, 6) is 0.480. The van der Waals surface area contributed by atoms with Crippen molar-refractivity contribution >= 4 is 22.4 Å². The zero-order valence-corrected chi connectivity index (χ0v) is 22.2. The van der Waals surface area contributed by atoms with E-state index in [2.05, 4.69) is 22.0 Å². The average molecular weight is 513 g/mol. The second-order valence-electron chi connectivity index (χ2n) is 10.8. The molecule has 2 aromatic heterocycles. The lowest BCUT2D eigenvalue weighted by Gasteiger charge is -2.44. The molecular formula is C30H33FN6O. The monoisotopic (exact) mass is 512 g/mol. The van der Waals surface area contributed by atoms with E-state index in [1.165, 1.54) is 23.8 Å². The lowest BCUT2D eigenvalue weighted by molar-refractivity contribution is 0.290. The van der Waals surface area contributed by atoms with Gasteiger partial charge < -0.3 is 14.4 Å². The maximum Gasteiger partial charge on any atom is 0.270 e. The molecule has 0 amide bonds. The maximum absolute atomic E-state index is 13.9. The van der Waals surface area contributed by atoms with Crippen molar-refractivity contribution in [3.05, 3.63) is 63.3 Å². The zero-order valence-electron chi connectivity index (χ0n) is 22.2. The minimum absolute atomic E-state index is 0.0563. The number of hydrogen-bond acceptors (Lipinski definition) is 6. The third-order valence-electron chi connectivity index (χ3n) is 8.60. The summed E-state index contributed by atoms with van der Waals surface area (Å²) in [7, 11) is 3.55. The van der Waals surface area contributed by atoms with Crippen LogP contribution in [0.15, 0.2) is 35.1 Å². The summed E-state index contributed by atoms with van der Waals surface area (Å²) in [4.78, 5) is 22.1. The van der Waals surface area contributed by atoms with Crippen LogP contribution in [0.3, 0.4) is 0 Å². The fraction of sp³-hybridized carbons (Fsp3) is 0.467. The summed E-state index contributed by atoms with van der Waals surface area (Å²) >= 11 is 0. The highest BCUT2D eigenvalue weighted by atomic mass is 19.1. The Morgan fingerprint density at radius 1 is 1.05 bits per heavy atom. The quantitative estimate of drug-likeness (QED) is 0.452. The first kappa shape index (κ1) is 25.7. The van der Waals surface area contributed by atoms with E-state index in [-0.39, 0.29) is 28.7 Å². The molecular weight excluding hydrogens is 479 g/mol. The van der Waals surface area contributed by atoms with E-state index in [1.807, 2.05) is 24.9 Å². The number of halogens is 1. The molecule has 2 saturated carbocycles. The number of nitrogens with zero attached hydrogens (tertiary/aromatic N) is 6. The number of benzene rings is 1. The molecule has 0 radical (unpaired) electrons. The van der Waals surface area contributed by atoms with Gasteiger partial charge in [0.25, 0.3) is 5.56 Å². The molecule has 0 atom stereocenters. The number of pyridine rings is 2. The second-order valence-corrected chi connectivity index (χ2v) is 10.8. The van der Waals surface area contributed by atoms with Crippen LogP contribution in [0.2, 0.25) is 0 Å². The van der Waals surface area contributed by atoms with Gasteiger partial charge in [-0.25, -0.2) is 9.37 Å². The number of rotatable bonds is 6. The Morgan fingerprint density at radius 2 is 1.76 bits per heavy atom. The summed E-state index contributed by atoms with van der Waals surface area (Å²) in [5, 5.41) is 19.4. The van der Waals surface area contributed by atoms with Gasteiger partial charge >= 0.3 is 0 Å². The summed E-state index contributed by atoms with van der Waals surface area (Å²) in [6.07, 6.45) is 7.48. The van der Waals surface area contributed by atoms with Crippen LogP contribution >= 0.6 is 0 Å². The number of aromatic nitrogens is 2. The first-order valence-electron chi connectivity index (χ1n) is 13.4. The van der Waals surface area contributed by atoms with Crippen LogP contribution in [0.25, 0.3) is 11.0 Å². The first-order chi connectivity index (χ1) is 18.3. The van der Waals surface area contributed by atoms with Gasteiger partial charge in [-0.1, -0.05) is 6.42 Å². The molecule has 5 rings (SSSR count). The van der Waals surface area contributed by atoms with E-state index in [0.717, 1.165) is 43.5 Å². The van der Waals surface area contributed by atoms with Crippen molar-refractivity contribution in [3.8, 4) is 12.1 Å². The smallest absolute Gasteiger partial charge is 0.270 e. The molecule has 0 aliphatic heterocycles. The molecule has 7 nitrogen and oxygen atoms in total. The van der Waals surface area contributed by atoms with Gasteiger partial charge in [0.05, 0.1) is 11.2 Å². The van der Waals surface area contributed by atoms with Gasteiger partial charge in [-0.2, -0.15) is 10.5 Å². The third kappa shape index (κ3) is 4.60. The van der Waals surface area contributed by atoms with Crippen LogP contribution in [0.1, 0.15) is 61.8 Å². The van der Waals surface area contributed by atoms with Gasteiger partial charge in [0.15, 0.2) is 0 Å². The summed E-state index contributed by atoms with van der Waals surface area (Å²) < 4.78 is 15.3. The van der Waals surface area contributed by atoms with Crippen molar-refractivity contribution in [2.24, 2.45) is 13.0 Å². The fourth-order valence-electron chi connectivity index (χ4n) is 6.18. The van der Waals surface area contributed by atoms with Gasteiger partial charge in [-0.3, -0.25) is 4.79 Å². The van der Waals surface area contributed by atoms with Crippen molar-refractivity contribution in [2.75, 3.05) is 23.4 Å². The summed E-state index contributed by atoms with van der Waals surface area (Å²) in [6, 6.07) is 13.1. The molecule has 38 heavy (non-hydrogen) atoms. The molecule has 0 bridgehead atoms. The predicted octanol–water partition coefficient (Wildman–Crippen LogP) is 5.18. The number of anilines is 2. The van der Waals surface area contributed by atoms with E-state index < -0.39 is 0 Å². The van der Waals surface area contributed by atoms with Crippen LogP contribution in [-0.2, 0) is 7.05 Å². The molecule has 0 N–H and O–H groups in total. The van der Waals surface area contributed by atoms with Crippen molar-refractivity contribution < 1.29 is 4.39 Å². The fourth-order valence-corrected chi connectivity index (χ4v) is 6.18. The highest BCUT2D eigenvalue weighted by Crippen LogP contribution is 2.37. The van der Waals surface area contributed by atoms with E-state index in [4.69, 9.17) is 0 Å². The number of nitriles is 2. The molecule has 1 aromatic carbocycles. The molecule has 2 aliphatic rings. The highest BCUT2D eigenvalue weighted by Gasteiger charge is 2.33. The zero-order chi connectivity index (χ0) is 27.0. The average Bonchev–Trinajstić information content (AvgIpc) is 2.90. The molecule has 8 heteroatoms. The van der Waals surface area contributed by atoms with Crippen molar-refractivity contribution in [2.45, 2.75) is 64.0 Å². The van der Waals surface area contributed by atoms with Gasteiger partial charge in [0, 0.05) is 38.4 Å². The van der Waals surface area contributed by atoms with Gasteiger partial charge in [-0.05, 0) is 87.3 Å². The Morgan fingerprint density at radius 3 is 2.37 bits per heavy atom. The van der Waals surface area contributed by atoms with Crippen LogP contribution in [0.5, 0.6) is 0 Å². The molecule has 0 spiro atoms. The van der Waals surface area contributed by atoms with E-state index in [0.29, 0.717) is 28.7 Å². The Bertz CT molecular complexity index is 1500. The Labute approximate surface area is 222 Å². The van der Waals surface area contributed by atoms with Crippen LogP contribution in [-0.4, -0.2) is 35.2 Å². The molecule has 3 aromatic rings. The SMILES string of the molecule is Cc1cc(F)ccc1N(CC1CCC1)C1CCC(N(C)c2c(C#N)c(=O)n(C)c3ccc(C#N)nc23)CC1. The minimum atomic E-state index is -0.361. The second kappa shape index (κ2) is 10.5. The van der Waals surface area contributed by atoms with E-state index in [9.17, 15) is 19.7 Å². The molecule has 0 saturated heterocycles. The lowest BCUT2D eigenvalue weighted by Crippen LogP contribution is -2.46. The van der Waals surface area contributed by atoms with Gasteiger partial charge in [-0.15, -0.1) is 0 Å². The van der Waals surface area contributed by atoms with Crippen LogP contribution in [0, 0.1) is 41.3 Å². The molecule has 0 unspecified atom stereocenters. The van der Waals surface area contributed by atoms with E-state index >= 15 is 0 Å².